The molecule has 5 nitrogen and oxygen atoms in total. The number of aliphatic imine (C=N–C) groups is 1. The number of fused-ring (bicyclic) bond motifs is 1. The Kier molecular flexibility index (Phi) is 2.18. The van der Waals surface area contributed by atoms with Crippen LogP contribution in [0.15, 0.2) is 28.9 Å². The van der Waals surface area contributed by atoms with Gasteiger partial charge in [-0.05, 0) is 26.0 Å². The zero-order valence-corrected chi connectivity index (χ0v) is 9.06. The third-order valence-corrected chi connectivity index (χ3v) is 2.83. The summed E-state index contributed by atoms with van der Waals surface area (Å²) in [7, 11) is 0. The predicted molar refractivity (Wildman–Crippen MR) is 55.2 cm³/mol. The molecule has 0 N–H and O–H groups in total. The van der Waals surface area contributed by atoms with Gasteiger partial charge in [0.25, 0.3) is 0 Å². The molecule has 0 aromatic heterocycles. The smallest absolute Gasteiger partial charge is 0.250 e. The Labute approximate surface area is 92.8 Å². The first-order valence-corrected chi connectivity index (χ1v) is 4.93. The Morgan fingerprint density at radius 2 is 2.31 bits per heavy atom. The van der Waals surface area contributed by atoms with Gasteiger partial charge in [-0.3, -0.25) is 4.79 Å². The van der Waals surface area contributed by atoms with Gasteiger partial charge in [0, 0.05) is 5.70 Å². The van der Waals surface area contributed by atoms with Crippen molar-refractivity contribution in [1.29, 1.82) is 0 Å². The third-order valence-electron chi connectivity index (χ3n) is 2.83. The monoisotopic (exact) mass is 219 g/mol. The number of amidine groups is 1. The normalized spacial score (nSPS) is 28.4. The van der Waals surface area contributed by atoms with Crippen molar-refractivity contribution < 1.29 is 14.7 Å². The second-order valence-corrected chi connectivity index (χ2v) is 4.10. The molecule has 0 saturated carbocycles. The van der Waals surface area contributed by atoms with Gasteiger partial charge >= 0.3 is 0 Å². The second kappa shape index (κ2) is 3.30. The van der Waals surface area contributed by atoms with Crippen LogP contribution in [0, 0.1) is 0 Å². The van der Waals surface area contributed by atoms with E-state index >= 15 is 0 Å². The Balaban J connectivity index is 2.56. The largest absolute Gasteiger partial charge is 0.548 e. The summed E-state index contributed by atoms with van der Waals surface area (Å²) >= 11 is 0. The number of amides is 1. The van der Waals surface area contributed by atoms with Crippen molar-refractivity contribution in [3.63, 3.8) is 0 Å². The molecule has 0 aromatic carbocycles. The maximum Gasteiger partial charge on any atom is 0.250 e. The fourth-order valence-electron chi connectivity index (χ4n) is 2.04. The van der Waals surface area contributed by atoms with Gasteiger partial charge < -0.3 is 14.8 Å². The van der Waals surface area contributed by atoms with Crippen LogP contribution in [0.3, 0.4) is 0 Å². The molecule has 5 heteroatoms. The molecule has 84 valence electrons. The molecule has 1 atom stereocenters. The number of carbonyl (C=O) groups is 2. The van der Waals surface area contributed by atoms with Crippen molar-refractivity contribution in [2.75, 3.05) is 0 Å². The molecule has 0 saturated heterocycles. The van der Waals surface area contributed by atoms with E-state index in [1.807, 2.05) is 0 Å². The predicted octanol–water partition coefficient (Wildman–Crippen LogP) is -0.401. The minimum Gasteiger partial charge on any atom is -0.548 e. The minimum absolute atomic E-state index is 0.169. The van der Waals surface area contributed by atoms with Crippen molar-refractivity contribution in [2.45, 2.75) is 25.8 Å². The van der Waals surface area contributed by atoms with Gasteiger partial charge in [0.1, 0.15) is 5.84 Å². The van der Waals surface area contributed by atoms with Crippen LogP contribution >= 0.6 is 0 Å². The average molecular weight is 219 g/mol. The standard InChI is InChI=1S/C11H12N2O3/c1-7-4-3-5-8-12-9(14)6-11(2,10(15)16)13(7)8/h3-5H,6H2,1-2H3,(H,15,16)/p-1/t11-/m1/s1. The van der Waals surface area contributed by atoms with Crippen molar-refractivity contribution in [2.24, 2.45) is 4.99 Å². The van der Waals surface area contributed by atoms with Gasteiger partial charge in [0.05, 0.1) is 17.9 Å². The van der Waals surface area contributed by atoms with Crippen LogP contribution in [0.1, 0.15) is 20.3 Å². The van der Waals surface area contributed by atoms with E-state index in [0.717, 1.165) is 5.70 Å². The highest BCUT2D eigenvalue weighted by Gasteiger charge is 2.42. The van der Waals surface area contributed by atoms with E-state index < -0.39 is 17.4 Å². The fourth-order valence-corrected chi connectivity index (χ4v) is 2.04. The Morgan fingerprint density at radius 3 is 2.94 bits per heavy atom. The number of carboxylic acid groups (broad SMARTS) is 1. The van der Waals surface area contributed by atoms with Crippen LogP contribution < -0.4 is 5.11 Å². The number of allylic oxidation sites excluding steroid dienone is 3. The van der Waals surface area contributed by atoms with Crippen molar-refractivity contribution >= 4 is 17.7 Å². The molecular weight excluding hydrogens is 208 g/mol. The molecule has 16 heavy (non-hydrogen) atoms. The minimum atomic E-state index is -1.35. The van der Waals surface area contributed by atoms with Crippen LogP contribution in [-0.2, 0) is 9.59 Å². The van der Waals surface area contributed by atoms with Gasteiger partial charge in [-0.15, -0.1) is 0 Å². The summed E-state index contributed by atoms with van der Waals surface area (Å²) in [6.45, 7) is 3.25. The zero-order valence-electron chi connectivity index (χ0n) is 9.06. The topological polar surface area (TPSA) is 72.8 Å². The van der Waals surface area contributed by atoms with Crippen molar-refractivity contribution in [3.05, 3.63) is 23.9 Å². The lowest BCUT2D eigenvalue weighted by atomic mass is 9.91. The van der Waals surface area contributed by atoms with E-state index in [1.165, 1.54) is 11.8 Å². The molecule has 1 amide bonds. The molecule has 0 aromatic rings. The summed E-state index contributed by atoms with van der Waals surface area (Å²) in [4.78, 5) is 27.9. The Hall–Kier alpha value is -1.91. The van der Waals surface area contributed by atoms with Gasteiger partial charge in [-0.1, -0.05) is 6.08 Å². The Morgan fingerprint density at radius 1 is 1.62 bits per heavy atom. The molecule has 2 heterocycles. The van der Waals surface area contributed by atoms with Crippen molar-refractivity contribution in [1.82, 2.24) is 4.90 Å². The molecule has 0 bridgehead atoms. The number of aliphatic carboxylic acids is 1. The van der Waals surface area contributed by atoms with Crippen molar-refractivity contribution in [3.8, 4) is 0 Å². The molecule has 2 aliphatic heterocycles. The second-order valence-electron chi connectivity index (χ2n) is 4.10. The lowest BCUT2D eigenvalue weighted by Crippen LogP contribution is -2.62. The first-order valence-electron chi connectivity index (χ1n) is 4.93. The number of hydrogen-bond acceptors (Lipinski definition) is 4. The van der Waals surface area contributed by atoms with Crippen LogP contribution in [0.4, 0.5) is 0 Å². The van der Waals surface area contributed by atoms with Gasteiger partial charge in [0.2, 0.25) is 5.91 Å². The molecular formula is C11H11N2O3-. The maximum absolute atomic E-state index is 11.4. The quantitative estimate of drug-likeness (QED) is 0.601. The number of carboxylic acids is 1. The molecule has 0 radical (unpaired) electrons. The zero-order chi connectivity index (χ0) is 11.9. The summed E-state index contributed by atoms with van der Waals surface area (Å²) in [6, 6.07) is 0. The number of rotatable bonds is 1. The van der Waals surface area contributed by atoms with E-state index in [0.29, 0.717) is 5.84 Å². The number of nitrogens with zero attached hydrogens (tertiary/aromatic N) is 2. The Bertz CT molecular complexity index is 462. The summed E-state index contributed by atoms with van der Waals surface area (Å²) in [5.74, 6) is -1.34. The average Bonchev–Trinajstić information content (AvgIpc) is 2.16. The lowest BCUT2D eigenvalue weighted by Gasteiger charge is -2.46. The number of hydrogen-bond donors (Lipinski definition) is 0. The van der Waals surface area contributed by atoms with Crippen LogP contribution in [0.5, 0.6) is 0 Å². The van der Waals surface area contributed by atoms with Gasteiger partial charge in [-0.2, -0.15) is 4.99 Å². The summed E-state index contributed by atoms with van der Waals surface area (Å²) in [6.07, 6.45) is 4.96. The van der Waals surface area contributed by atoms with Gasteiger partial charge in [0.15, 0.2) is 0 Å². The lowest BCUT2D eigenvalue weighted by molar-refractivity contribution is -0.316. The SMILES string of the molecule is CC1=CC=CC2=NC(=O)C[C@](C)(C(=O)[O-])N12. The van der Waals surface area contributed by atoms with Crippen LogP contribution in [0.25, 0.3) is 0 Å². The summed E-state index contributed by atoms with van der Waals surface area (Å²) in [5.41, 5.74) is -0.611. The summed E-state index contributed by atoms with van der Waals surface area (Å²) in [5, 5.41) is 11.2. The van der Waals surface area contributed by atoms with Crippen LogP contribution in [0.2, 0.25) is 0 Å². The molecule has 0 spiro atoms. The number of carbonyl (C=O) groups excluding carboxylic acids is 2. The highest BCUT2D eigenvalue weighted by molar-refractivity contribution is 6.08. The highest BCUT2D eigenvalue weighted by Crippen LogP contribution is 2.30. The molecule has 2 aliphatic rings. The first kappa shape index (κ1) is 10.6. The molecule has 0 aliphatic carbocycles. The maximum atomic E-state index is 11.4. The van der Waals surface area contributed by atoms with E-state index in [-0.39, 0.29) is 6.42 Å². The highest BCUT2D eigenvalue weighted by atomic mass is 16.4. The van der Waals surface area contributed by atoms with Crippen LogP contribution in [-0.4, -0.2) is 28.2 Å². The summed E-state index contributed by atoms with van der Waals surface area (Å²) < 4.78 is 0. The fraction of sp³-hybridized carbons (Fsp3) is 0.364. The third kappa shape index (κ3) is 1.36. The van der Waals surface area contributed by atoms with Gasteiger partial charge in [-0.25, -0.2) is 0 Å². The molecule has 0 unspecified atom stereocenters. The first-order chi connectivity index (χ1) is 7.45. The van der Waals surface area contributed by atoms with E-state index in [9.17, 15) is 14.7 Å². The van der Waals surface area contributed by atoms with E-state index in [2.05, 4.69) is 4.99 Å². The van der Waals surface area contributed by atoms with E-state index in [4.69, 9.17) is 0 Å². The molecule has 2 rings (SSSR count). The van der Waals surface area contributed by atoms with E-state index in [1.54, 1.807) is 25.2 Å². The molecule has 0 fully saturated rings.